The molecule has 2 nitrogen and oxygen atoms in total. The normalized spacial score (nSPS) is 20.9. The lowest BCUT2D eigenvalue weighted by atomic mass is 9.99. The molecule has 3 aromatic carbocycles. The summed E-state index contributed by atoms with van der Waals surface area (Å²) < 4.78 is 5.86. The van der Waals surface area contributed by atoms with Crippen molar-refractivity contribution in [1.82, 2.24) is 0 Å². The zero-order valence-corrected chi connectivity index (χ0v) is 15.5. The summed E-state index contributed by atoms with van der Waals surface area (Å²) in [5, 5.41) is 0. The molecule has 1 saturated carbocycles. The van der Waals surface area contributed by atoms with Gasteiger partial charge in [0.05, 0.1) is 0 Å². The van der Waals surface area contributed by atoms with Gasteiger partial charge in [-0.1, -0.05) is 72.8 Å². The Kier molecular flexibility index (Phi) is 5.65. The average molecular weight is 366 g/mol. The predicted molar refractivity (Wildman–Crippen MR) is 109 cm³/mol. The summed E-state index contributed by atoms with van der Waals surface area (Å²) in [5.41, 5.74) is 10.3. The summed E-state index contributed by atoms with van der Waals surface area (Å²) in [6, 6.07) is 29.2. The van der Waals surface area contributed by atoms with E-state index in [2.05, 4.69) is 60.7 Å². The quantitative estimate of drug-likeness (QED) is 0.658. The second-order valence-corrected chi connectivity index (χ2v) is 7.00. The number of nitrogens with two attached hydrogens (primary N) is 1. The van der Waals surface area contributed by atoms with E-state index in [1.54, 1.807) is 0 Å². The molecule has 0 radical (unpaired) electrons. The first-order chi connectivity index (χ1) is 12.2. The molecule has 0 bridgehead atoms. The van der Waals surface area contributed by atoms with Gasteiger partial charge in [0.2, 0.25) is 0 Å². The Morgan fingerprint density at radius 3 is 2.00 bits per heavy atom. The topological polar surface area (TPSA) is 35.2 Å². The SMILES string of the molecule is Cl.N[C@]1(Cc2ccccc2)C[C@@H]1c1ccc(OCc2ccccc2)cc1. The lowest BCUT2D eigenvalue weighted by Gasteiger charge is -2.12. The number of benzene rings is 3. The Morgan fingerprint density at radius 2 is 1.38 bits per heavy atom. The maximum Gasteiger partial charge on any atom is 0.119 e. The number of hydrogen-bond acceptors (Lipinski definition) is 2. The zero-order valence-electron chi connectivity index (χ0n) is 14.7. The van der Waals surface area contributed by atoms with Crippen molar-refractivity contribution in [3.63, 3.8) is 0 Å². The molecule has 0 spiro atoms. The molecule has 3 heteroatoms. The van der Waals surface area contributed by atoms with Gasteiger partial charge in [-0.05, 0) is 41.7 Å². The summed E-state index contributed by atoms with van der Waals surface area (Å²) in [4.78, 5) is 0. The van der Waals surface area contributed by atoms with Gasteiger partial charge in [0.25, 0.3) is 0 Å². The van der Waals surface area contributed by atoms with Crippen LogP contribution in [0.2, 0.25) is 0 Å². The van der Waals surface area contributed by atoms with Crippen LogP contribution >= 0.6 is 12.4 Å². The van der Waals surface area contributed by atoms with E-state index >= 15 is 0 Å². The van der Waals surface area contributed by atoms with Crippen molar-refractivity contribution in [3.8, 4) is 5.75 Å². The van der Waals surface area contributed by atoms with E-state index in [0.717, 1.165) is 18.6 Å². The van der Waals surface area contributed by atoms with E-state index in [-0.39, 0.29) is 17.9 Å². The third kappa shape index (κ3) is 4.27. The number of rotatable bonds is 6. The molecule has 0 heterocycles. The van der Waals surface area contributed by atoms with E-state index in [0.29, 0.717) is 12.5 Å². The van der Waals surface area contributed by atoms with Crippen molar-refractivity contribution in [3.05, 3.63) is 102 Å². The molecular weight excluding hydrogens is 342 g/mol. The summed E-state index contributed by atoms with van der Waals surface area (Å²) in [5.74, 6) is 1.34. The average Bonchev–Trinajstić information content (AvgIpc) is 3.33. The first kappa shape index (κ1) is 18.5. The lowest BCUT2D eigenvalue weighted by Crippen LogP contribution is -2.27. The Hall–Kier alpha value is -2.29. The van der Waals surface area contributed by atoms with Crippen molar-refractivity contribution in [2.45, 2.75) is 30.9 Å². The Bertz CT molecular complexity index is 820. The smallest absolute Gasteiger partial charge is 0.119 e. The monoisotopic (exact) mass is 365 g/mol. The lowest BCUT2D eigenvalue weighted by molar-refractivity contribution is 0.306. The molecule has 134 valence electrons. The molecule has 4 rings (SSSR count). The van der Waals surface area contributed by atoms with E-state index in [1.807, 2.05) is 24.3 Å². The fourth-order valence-electron chi connectivity index (χ4n) is 3.48. The van der Waals surface area contributed by atoms with E-state index in [9.17, 15) is 0 Å². The summed E-state index contributed by atoms with van der Waals surface area (Å²) >= 11 is 0. The third-order valence-corrected chi connectivity index (χ3v) is 5.02. The van der Waals surface area contributed by atoms with Gasteiger partial charge < -0.3 is 10.5 Å². The van der Waals surface area contributed by atoms with E-state index in [4.69, 9.17) is 10.5 Å². The predicted octanol–water partition coefficient (Wildman–Crippen LogP) is 5.11. The third-order valence-electron chi connectivity index (χ3n) is 5.02. The zero-order chi connectivity index (χ0) is 17.1. The molecule has 3 aromatic rings. The molecule has 0 saturated heterocycles. The molecule has 2 N–H and O–H groups in total. The highest BCUT2D eigenvalue weighted by Crippen LogP contribution is 2.51. The molecule has 1 fully saturated rings. The molecule has 0 amide bonds. The fourth-order valence-corrected chi connectivity index (χ4v) is 3.48. The first-order valence-corrected chi connectivity index (χ1v) is 8.82. The van der Waals surface area contributed by atoms with Crippen LogP contribution in [0.5, 0.6) is 5.75 Å². The van der Waals surface area contributed by atoms with Gasteiger partial charge in [-0.15, -0.1) is 12.4 Å². The highest BCUT2D eigenvalue weighted by Gasteiger charge is 2.51. The van der Waals surface area contributed by atoms with Gasteiger partial charge in [0.1, 0.15) is 12.4 Å². The van der Waals surface area contributed by atoms with Gasteiger partial charge in [-0.2, -0.15) is 0 Å². The van der Waals surface area contributed by atoms with Crippen LogP contribution in [0.15, 0.2) is 84.9 Å². The Balaban J connectivity index is 0.00000196. The summed E-state index contributed by atoms with van der Waals surface area (Å²) in [7, 11) is 0. The number of halogens is 1. The van der Waals surface area contributed by atoms with Gasteiger partial charge in [0.15, 0.2) is 0 Å². The molecule has 26 heavy (non-hydrogen) atoms. The highest BCUT2D eigenvalue weighted by molar-refractivity contribution is 5.85. The standard InChI is InChI=1S/C23H23NO.ClH/c24-23(15-18-7-3-1-4-8-18)16-22(23)20-11-13-21(14-12-20)25-17-19-9-5-2-6-10-19;/h1-14,22H,15-17,24H2;1H/t22-,23-;/m1./s1. The minimum absolute atomic E-state index is 0. The molecule has 2 atom stereocenters. The van der Waals surface area contributed by atoms with Crippen LogP contribution in [-0.4, -0.2) is 5.54 Å². The first-order valence-electron chi connectivity index (χ1n) is 8.82. The molecular formula is C23H24ClNO. The molecule has 0 aliphatic heterocycles. The van der Waals surface area contributed by atoms with E-state index < -0.39 is 0 Å². The summed E-state index contributed by atoms with van der Waals surface area (Å²) in [6.07, 6.45) is 1.98. The number of hydrogen-bond donors (Lipinski definition) is 1. The highest BCUT2D eigenvalue weighted by atomic mass is 35.5. The van der Waals surface area contributed by atoms with Crippen LogP contribution in [0.3, 0.4) is 0 Å². The minimum Gasteiger partial charge on any atom is -0.489 e. The molecule has 1 aliphatic rings. The van der Waals surface area contributed by atoms with Crippen molar-refractivity contribution in [2.75, 3.05) is 0 Å². The Morgan fingerprint density at radius 1 is 0.808 bits per heavy atom. The van der Waals surface area contributed by atoms with Crippen molar-refractivity contribution in [1.29, 1.82) is 0 Å². The van der Waals surface area contributed by atoms with Crippen LogP contribution < -0.4 is 10.5 Å². The largest absolute Gasteiger partial charge is 0.489 e. The van der Waals surface area contributed by atoms with Gasteiger partial charge in [0, 0.05) is 11.5 Å². The molecule has 0 aromatic heterocycles. The molecule has 1 aliphatic carbocycles. The van der Waals surface area contributed by atoms with Crippen LogP contribution in [0.25, 0.3) is 0 Å². The van der Waals surface area contributed by atoms with Crippen molar-refractivity contribution in [2.24, 2.45) is 5.73 Å². The minimum atomic E-state index is -0.103. The van der Waals surface area contributed by atoms with Crippen LogP contribution in [0.4, 0.5) is 0 Å². The molecule has 0 unspecified atom stereocenters. The fraction of sp³-hybridized carbons (Fsp3) is 0.217. The van der Waals surface area contributed by atoms with Crippen LogP contribution in [0, 0.1) is 0 Å². The maximum absolute atomic E-state index is 6.60. The Labute approximate surface area is 161 Å². The second-order valence-electron chi connectivity index (χ2n) is 7.00. The van der Waals surface area contributed by atoms with Gasteiger partial charge >= 0.3 is 0 Å². The maximum atomic E-state index is 6.60. The summed E-state index contributed by atoms with van der Waals surface area (Å²) in [6.45, 7) is 0.596. The van der Waals surface area contributed by atoms with Crippen molar-refractivity contribution < 1.29 is 4.74 Å². The van der Waals surface area contributed by atoms with Gasteiger partial charge in [-0.3, -0.25) is 0 Å². The van der Waals surface area contributed by atoms with Crippen LogP contribution in [0.1, 0.15) is 29.0 Å². The van der Waals surface area contributed by atoms with Crippen molar-refractivity contribution >= 4 is 12.4 Å². The van der Waals surface area contributed by atoms with E-state index in [1.165, 1.54) is 16.7 Å². The van der Waals surface area contributed by atoms with Crippen LogP contribution in [-0.2, 0) is 13.0 Å². The van der Waals surface area contributed by atoms with Gasteiger partial charge in [-0.25, -0.2) is 0 Å². The number of ether oxygens (including phenoxy) is 1. The second kappa shape index (κ2) is 7.94.